The maximum atomic E-state index is 10.8. The summed E-state index contributed by atoms with van der Waals surface area (Å²) in [5.41, 5.74) is 4.07. The van der Waals surface area contributed by atoms with Crippen molar-refractivity contribution in [3.05, 3.63) is 102 Å². The monoisotopic (exact) mass is 462 g/mol. The smallest absolute Gasteiger partial charge is 0.335 e. The number of nitrogens with zero attached hydrogens (tertiary/aromatic N) is 2. The molecule has 0 aliphatic heterocycles. The van der Waals surface area contributed by atoms with Crippen LogP contribution in [0.1, 0.15) is 21.5 Å². The SMILES string of the molecule is C[n+]1ccc(C=Nc2ccc(C(=O)O)cc2)c2ccccc21.Cc1ccc(S(=O)(=O)[O-])cc1. The first kappa shape index (κ1) is 23.8. The van der Waals surface area contributed by atoms with Crippen LogP contribution in [0, 0.1) is 6.92 Å². The minimum absolute atomic E-state index is 0.178. The van der Waals surface area contributed by atoms with Crippen LogP contribution < -0.4 is 4.57 Å². The van der Waals surface area contributed by atoms with Gasteiger partial charge >= 0.3 is 5.97 Å². The summed E-state index contributed by atoms with van der Waals surface area (Å²) in [5, 5.41) is 10.0. The lowest BCUT2D eigenvalue weighted by atomic mass is 10.1. The Morgan fingerprint density at radius 1 is 0.970 bits per heavy atom. The molecule has 1 heterocycles. The van der Waals surface area contributed by atoms with E-state index in [0.29, 0.717) is 0 Å². The highest BCUT2D eigenvalue weighted by atomic mass is 32.2. The van der Waals surface area contributed by atoms with Gasteiger partial charge in [0, 0.05) is 23.9 Å². The van der Waals surface area contributed by atoms with E-state index in [2.05, 4.69) is 21.7 Å². The van der Waals surface area contributed by atoms with Crippen molar-refractivity contribution in [1.82, 2.24) is 0 Å². The highest BCUT2D eigenvalue weighted by Crippen LogP contribution is 2.16. The van der Waals surface area contributed by atoms with Gasteiger partial charge in [-0.1, -0.05) is 29.8 Å². The molecule has 0 unspecified atom stereocenters. The lowest BCUT2D eigenvalue weighted by Gasteiger charge is -2.05. The molecular formula is C25H22N2O5S. The topological polar surface area (TPSA) is 111 Å². The molecule has 0 saturated heterocycles. The Hall–Kier alpha value is -3.88. The average Bonchev–Trinajstić information content (AvgIpc) is 2.79. The molecule has 33 heavy (non-hydrogen) atoms. The number of aliphatic imine (C=N–C) groups is 1. The average molecular weight is 463 g/mol. The van der Waals surface area contributed by atoms with Crippen molar-refractivity contribution in [2.75, 3.05) is 0 Å². The van der Waals surface area contributed by atoms with E-state index in [1.54, 1.807) is 42.6 Å². The molecule has 4 aromatic rings. The minimum atomic E-state index is -4.27. The zero-order valence-electron chi connectivity index (χ0n) is 18.0. The minimum Gasteiger partial charge on any atom is -0.744 e. The number of hydrogen-bond donors (Lipinski definition) is 1. The van der Waals surface area contributed by atoms with Gasteiger partial charge in [0.25, 0.3) is 0 Å². The van der Waals surface area contributed by atoms with Gasteiger partial charge in [-0.15, -0.1) is 0 Å². The van der Waals surface area contributed by atoms with Gasteiger partial charge in [-0.3, -0.25) is 4.99 Å². The van der Waals surface area contributed by atoms with Crippen molar-refractivity contribution in [1.29, 1.82) is 0 Å². The molecule has 0 fully saturated rings. The van der Waals surface area contributed by atoms with Gasteiger partial charge in [-0.25, -0.2) is 17.8 Å². The van der Waals surface area contributed by atoms with Gasteiger partial charge in [-0.05, 0) is 49.4 Å². The third-order valence-corrected chi connectivity index (χ3v) is 5.70. The summed E-state index contributed by atoms with van der Waals surface area (Å²) in [6, 6.07) is 22.4. The van der Waals surface area contributed by atoms with Crippen LogP contribution in [0.2, 0.25) is 0 Å². The quantitative estimate of drug-likeness (QED) is 0.280. The Kier molecular flexibility index (Phi) is 7.32. The summed E-state index contributed by atoms with van der Waals surface area (Å²) in [4.78, 5) is 15.1. The number of aromatic carboxylic acids is 1. The van der Waals surface area contributed by atoms with Crippen molar-refractivity contribution < 1.29 is 27.4 Å². The number of pyridine rings is 1. The summed E-state index contributed by atoms with van der Waals surface area (Å²) in [6.07, 6.45) is 3.80. The van der Waals surface area contributed by atoms with Crippen LogP contribution in [-0.2, 0) is 17.2 Å². The molecular weight excluding hydrogens is 440 g/mol. The van der Waals surface area contributed by atoms with Gasteiger partial charge in [-0.2, -0.15) is 0 Å². The van der Waals surface area contributed by atoms with Crippen molar-refractivity contribution in [2.24, 2.45) is 12.0 Å². The van der Waals surface area contributed by atoms with Crippen molar-refractivity contribution in [3.63, 3.8) is 0 Å². The van der Waals surface area contributed by atoms with Crippen LogP contribution in [0.5, 0.6) is 0 Å². The summed E-state index contributed by atoms with van der Waals surface area (Å²) in [7, 11) is -2.26. The number of para-hydroxylation sites is 1. The van der Waals surface area contributed by atoms with Crippen molar-refractivity contribution >= 4 is 38.9 Å². The van der Waals surface area contributed by atoms with E-state index >= 15 is 0 Å². The predicted molar refractivity (Wildman–Crippen MR) is 125 cm³/mol. The fraction of sp³-hybridized carbons (Fsp3) is 0.0800. The van der Waals surface area contributed by atoms with E-state index in [0.717, 1.165) is 27.7 Å². The zero-order valence-corrected chi connectivity index (χ0v) is 18.9. The molecule has 168 valence electrons. The molecule has 1 N–H and O–H groups in total. The van der Waals surface area contributed by atoms with Gasteiger partial charge < -0.3 is 9.66 Å². The number of carbonyl (C=O) groups is 1. The Bertz CT molecular complexity index is 1410. The van der Waals surface area contributed by atoms with Crippen LogP contribution in [0.3, 0.4) is 0 Å². The van der Waals surface area contributed by atoms with Crippen LogP contribution >= 0.6 is 0 Å². The Labute approximate surface area is 192 Å². The molecule has 0 atom stereocenters. The number of hydrogen-bond acceptors (Lipinski definition) is 5. The normalized spacial score (nSPS) is 11.2. The van der Waals surface area contributed by atoms with Crippen LogP contribution in [0.15, 0.2) is 94.9 Å². The number of benzene rings is 3. The highest BCUT2D eigenvalue weighted by Gasteiger charge is 2.07. The fourth-order valence-electron chi connectivity index (χ4n) is 3.04. The second kappa shape index (κ2) is 10.2. The summed E-state index contributed by atoms with van der Waals surface area (Å²) >= 11 is 0. The summed E-state index contributed by atoms with van der Waals surface area (Å²) in [5.74, 6) is -0.933. The zero-order chi connectivity index (χ0) is 24.0. The lowest BCUT2D eigenvalue weighted by molar-refractivity contribution is -0.644. The number of aromatic nitrogens is 1. The Balaban J connectivity index is 0.000000235. The first-order valence-corrected chi connectivity index (χ1v) is 11.3. The molecule has 7 nitrogen and oxygen atoms in total. The Morgan fingerprint density at radius 2 is 1.61 bits per heavy atom. The first-order chi connectivity index (χ1) is 15.6. The Morgan fingerprint density at radius 3 is 2.21 bits per heavy atom. The van der Waals surface area contributed by atoms with E-state index in [4.69, 9.17) is 5.11 Å². The maximum Gasteiger partial charge on any atom is 0.335 e. The maximum absolute atomic E-state index is 10.8. The van der Waals surface area contributed by atoms with E-state index in [-0.39, 0.29) is 10.5 Å². The van der Waals surface area contributed by atoms with E-state index in [1.807, 2.05) is 38.4 Å². The molecule has 8 heteroatoms. The van der Waals surface area contributed by atoms with Gasteiger partial charge in [0.15, 0.2) is 6.20 Å². The molecule has 0 saturated carbocycles. The molecule has 0 aliphatic rings. The van der Waals surface area contributed by atoms with Crippen LogP contribution in [0.4, 0.5) is 5.69 Å². The molecule has 0 aliphatic carbocycles. The fourth-order valence-corrected chi connectivity index (χ4v) is 3.51. The number of fused-ring (bicyclic) bond motifs is 1. The second-order valence-corrected chi connectivity index (χ2v) is 8.66. The number of rotatable bonds is 4. The summed E-state index contributed by atoms with van der Waals surface area (Å²) in [6.45, 7) is 1.82. The molecule has 0 amide bonds. The largest absolute Gasteiger partial charge is 0.744 e. The highest BCUT2D eigenvalue weighted by molar-refractivity contribution is 7.85. The van der Waals surface area contributed by atoms with Crippen LogP contribution in [-0.4, -0.2) is 30.3 Å². The van der Waals surface area contributed by atoms with Gasteiger partial charge in [0.1, 0.15) is 17.2 Å². The van der Waals surface area contributed by atoms with E-state index in [9.17, 15) is 17.8 Å². The van der Waals surface area contributed by atoms with E-state index < -0.39 is 16.1 Å². The van der Waals surface area contributed by atoms with Crippen molar-refractivity contribution in [2.45, 2.75) is 11.8 Å². The molecule has 3 aromatic carbocycles. The van der Waals surface area contributed by atoms with E-state index in [1.165, 1.54) is 12.1 Å². The number of carboxylic acids is 1. The molecule has 0 radical (unpaired) electrons. The van der Waals surface area contributed by atoms with Gasteiger partial charge in [0.2, 0.25) is 5.52 Å². The predicted octanol–water partition coefficient (Wildman–Crippen LogP) is 4.01. The molecule has 4 rings (SSSR count). The van der Waals surface area contributed by atoms with Crippen molar-refractivity contribution in [3.8, 4) is 0 Å². The molecule has 1 aromatic heterocycles. The molecule has 0 spiro atoms. The first-order valence-electron chi connectivity index (χ1n) is 9.92. The summed E-state index contributed by atoms with van der Waals surface area (Å²) < 4.78 is 33.2. The number of aryl methyl sites for hydroxylation is 2. The lowest BCUT2D eigenvalue weighted by Crippen LogP contribution is -2.28. The van der Waals surface area contributed by atoms with Crippen LogP contribution in [0.25, 0.3) is 10.9 Å². The second-order valence-electron chi connectivity index (χ2n) is 7.28. The third-order valence-electron chi connectivity index (χ3n) is 4.85. The standard InChI is InChI=1S/C18H14N2O2.C7H8O3S/c1-20-11-10-14(16-4-2-3-5-17(16)20)12-19-15-8-6-13(7-9-15)18(21)22;1-6-2-4-7(5-3-6)11(8,9)10/h2-12H,1H3;2-5H,1H3,(H,8,9,10). The molecule has 0 bridgehead atoms. The number of carboxylic acid groups (broad SMARTS) is 1. The third kappa shape index (κ3) is 6.31. The van der Waals surface area contributed by atoms with Gasteiger partial charge in [0.05, 0.1) is 21.5 Å².